The molecule has 0 spiro atoms. The van der Waals surface area contributed by atoms with Crippen molar-refractivity contribution in [2.75, 3.05) is 20.2 Å². The van der Waals surface area contributed by atoms with E-state index >= 15 is 0 Å². The maximum atomic E-state index is 13.3. The number of rotatable bonds is 6. The quantitative estimate of drug-likeness (QED) is 0.683. The van der Waals surface area contributed by atoms with Gasteiger partial charge >= 0.3 is 0 Å². The predicted octanol–water partition coefficient (Wildman–Crippen LogP) is 2.74. The molecule has 1 fully saturated rings. The van der Waals surface area contributed by atoms with Crippen molar-refractivity contribution < 1.29 is 30.4 Å². The molecule has 1 aliphatic heterocycles. The molecule has 3 rings (SSSR count). The first-order chi connectivity index (χ1) is 13.6. The molecule has 29 heavy (non-hydrogen) atoms. The summed E-state index contributed by atoms with van der Waals surface area (Å²) in [4.78, 5) is 0.162. The fraction of sp³-hybridized carbons (Fsp3) is 0.368. The number of benzene rings is 2. The van der Waals surface area contributed by atoms with Gasteiger partial charge in [-0.3, -0.25) is 0 Å². The van der Waals surface area contributed by atoms with Crippen molar-refractivity contribution in [3.63, 3.8) is 0 Å². The largest absolute Gasteiger partial charge is 0.497 e. The fourth-order valence-corrected chi connectivity index (χ4v) is 6.64. The van der Waals surface area contributed by atoms with Gasteiger partial charge in [0.2, 0.25) is 10.0 Å². The molecule has 0 atom stereocenters. The third kappa shape index (κ3) is 4.93. The van der Waals surface area contributed by atoms with E-state index in [2.05, 4.69) is 0 Å². The van der Waals surface area contributed by atoms with Gasteiger partial charge in [-0.2, -0.15) is 0 Å². The van der Waals surface area contributed by atoms with Gasteiger partial charge in [-0.25, -0.2) is 29.9 Å². The maximum Gasteiger partial charge on any atom is 0.218 e. The molecule has 1 saturated heterocycles. The van der Waals surface area contributed by atoms with E-state index < -0.39 is 42.5 Å². The van der Waals surface area contributed by atoms with Gasteiger partial charge in [0.05, 0.1) is 23.0 Å². The Labute approximate surface area is 169 Å². The van der Waals surface area contributed by atoms with Crippen LogP contribution in [0.2, 0.25) is 0 Å². The number of halogens is 2. The minimum atomic E-state index is -3.82. The van der Waals surface area contributed by atoms with Gasteiger partial charge in [0.15, 0.2) is 9.84 Å². The molecule has 2 aromatic rings. The van der Waals surface area contributed by atoms with Crippen molar-refractivity contribution in [3.8, 4) is 5.75 Å². The highest BCUT2D eigenvalue weighted by atomic mass is 32.2. The summed E-state index contributed by atoms with van der Waals surface area (Å²) in [7, 11) is -5.94. The molecule has 0 unspecified atom stereocenters. The molecule has 0 aliphatic carbocycles. The highest BCUT2D eigenvalue weighted by Crippen LogP contribution is 2.27. The van der Waals surface area contributed by atoms with E-state index in [0.29, 0.717) is 11.8 Å². The van der Waals surface area contributed by atoms with Crippen LogP contribution in [0.15, 0.2) is 47.4 Å². The van der Waals surface area contributed by atoms with Gasteiger partial charge in [-0.05, 0) is 54.8 Å². The number of methoxy groups -OCH3 is 1. The summed E-state index contributed by atoms with van der Waals surface area (Å²) in [6, 6.07) is 8.68. The Morgan fingerprint density at radius 1 is 0.966 bits per heavy atom. The molecular formula is C19H21F2NO5S2. The number of sulfone groups is 1. The normalized spacial score (nSPS) is 16.7. The van der Waals surface area contributed by atoms with Crippen LogP contribution in [0.25, 0.3) is 0 Å². The second kappa shape index (κ2) is 8.37. The highest BCUT2D eigenvalue weighted by Gasteiger charge is 2.35. The van der Waals surface area contributed by atoms with Gasteiger partial charge in [-0.1, -0.05) is 0 Å². The van der Waals surface area contributed by atoms with Crippen LogP contribution in [0.5, 0.6) is 5.75 Å². The van der Waals surface area contributed by atoms with Gasteiger partial charge in [0, 0.05) is 19.2 Å². The number of sulfonamides is 1. The second-order valence-corrected chi connectivity index (χ2v) is 11.0. The fourth-order valence-electron chi connectivity index (χ4n) is 3.37. The van der Waals surface area contributed by atoms with Crippen molar-refractivity contribution in [2.45, 2.75) is 28.7 Å². The molecule has 1 aliphatic rings. The van der Waals surface area contributed by atoms with E-state index in [0.717, 1.165) is 12.1 Å². The maximum absolute atomic E-state index is 13.3. The zero-order chi connectivity index (χ0) is 21.2. The molecule has 0 amide bonds. The zero-order valence-electron chi connectivity index (χ0n) is 15.7. The Hall–Kier alpha value is -2.04. The summed E-state index contributed by atoms with van der Waals surface area (Å²) in [5.41, 5.74) is 0.00970. The van der Waals surface area contributed by atoms with Crippen molar-refractivity contribution in [1.82, 2.24) is 4.31 Å². The molecule has 2 aromatic carbocycles. The lowest BCUT2D eigenvalue weighted by molar-refractivity contribution is 0.345. The average molecular weight is 446 g/mol. The van der Waals surface area contributed by atoms with Crippen molar-refractivity contribution >= 4 is 19.9 Å². The minimum absolute atomic E-state index is 0.00970. The Balaban J connectivity index is 1.68. The molecule has 0 N–H and O–H groups in total. The summed E-state index contributed by atoms with van der Waals surface area (Å²) < 4.78 is 83.6. The van der Waals surface area contributed by atoms with Crippen LogP contribution in [-0.4, -0.2) is 46.6 Å². The van der Waals surface area contributed by atoms with Crippen molar-refractivity contribution in [3.05, 3.63) is 59.7 Å². The standard InChI is InChI=1S/C19H21F2NO5S2/c1-27-17-2-4-18(5-3-17)29(25,26)19-6-8-22(9-7-19)28(23,24)13-14-10-15(20)12-16(21)11-14/h2-5,10-12,19H,6-9,13H2,1H3. The summed E-state index contributed by atoms with van der Waals surface area (Å²) in [5, 5.41) is -0.700. The van der Waals surface area contributed by atoms with Crippen LogP contribution in [-0.2, 0) is 25.6 Å². The Morgan fingerprint density at radius 2 is 1.52 bits per heavy atom. The zero-order valence-corrected chi connectivity index (χ0v) is 17.3. The second-order valence-electron chi connectivity index (χ2n) is 6.85. The van der Waals surface area contributed by atoms with Crippen molar-refractivity contribution in [2.24, 2.45) is 0 Å². The van der Waals surface area contributed by atoms with Crippen LogP contribution in [0.3, 0.4) is 0 Å². The summed E-state index contributed by atoms with van der Waals surface area (Å²) >= 11 is 0. The first-order valence-corrected chi connectivity index (χ1v) is 12.1. The molecule has 0 aromatic heterocycles. The van der Waals surface area contributed by atoms with Crippen LogP contribution in [0.4, 0.5) is 8.78 Å². The van der Waals surface area contributed by atoms with E-state index in [4.69, 9.17) is 4.74 Å². The van der Waals surface area contributed by atoms with Crippen LogP contribution < -0.4 is 4.74 Å². The van der Waals surface area contributed by atoms with Crippen LogP contribution >= 0.6 is 0 Å². The van der Waals surface area contributed by atoms with E-state index in [1.807, 2.05) is 0 Å². The Morgan fingerprint density at radius 3 is 2.03 bits per heavy atom. The third-order valence-corrected chi connectivity index (χ3v) is 9.02. The van der Waals surface area contributed by atoms with E-state index in [-0.39, 0.29) is 36.4 Å². The van der Waals surface area contributed by atoms with E-state index in [1.54, 1.807) is 12.1 Å². The lowest BCUT2D eigenvalue weighted by Gasteiger charge is -2.31. The van der Waals surface area contributed by atoms with Gasteiger partial charge in [0.25, 0.3) is 0 Å². The van der Waals surface area contributed by atoms with E-state index in [9.17, 15) is 25.6 Å². The summed E-state index contributed by atoms with van der Waals surface area (Å²) in [5.74, 6) is -1.70. The van der Waals surface area contributed by atoms with Crippen LogP contribution in [0.1, 0.15) is 18.4 Å². The Kier molecular flexibility index (Phi) is 6.25. The van der Waals surface area contributed by atoms with E-state index in [1.165, 1.54) is 23.5 Å². The molecule has 6 nitrogen and oxygen atoms in total. The summed E-state index contributed by atoms with van der Waals surface area (Å²) in [6.07, 6.45) is 0.288. The van der Waals surface area contributed by atoms with Gasteiger partial charge in [-0.15, -0.1) is 0 Å². The number of nitrogens with zero attached hydrogens (tertiary/aromatic N) is 1. The smallest absolute Gasteiger partial charge is 0.218 e. The lowest BCUT2D eigenvalue weighted by atomic mass is 10.2. The summed E-state index contributed by atoms with van der Waals surface area (Å²) in [6.45, 7) is 0.0559. The number of ether oxygens (including phenoxy) is 1. The van der Waals surface area contributed by atoms with Gasteiger partial charge < -0.3 is 4.74 Å². The third-order valence-electron chi connectivity index (χ3n) is 4.89. The number of hydrogen-bond donors (Lipinski definition) is 0. The Bertz CT molecular complexity index is 1060. The molecule has 0 saturated carbocycles. The molecular weight excluding hydrogens is 424 g/mol. The van der Waals surface area contributed by atoms with Crippen LogP contribution in [0, 0.1) is 11.6 Å². The molecule has 158 valence electrons. The SMILES string of the molecule is COc1ccc(S(=O)(=O)C2CCN(S(=O)(=O)Cc3cc(F)cc(F)c3)CC2)cc1. The molecule has 0 radical (unpaired) electrons. The van der Waals surface area contributed by atoms with Gasteiger partial charge in [0.1, 0.15) is 17.4 Å². The average Bonchev–Trinajstić information content (AvgIpc) is 2.67. The first kappa shape index (κ1) is 21.7. The minimum Gasteiger partial charge on any atom is -0.497 e. The molecule has 0 bridgehead atoms. The first-order valence-electron chi connectivity index (χ1n) is 8.92. The highest BCUT2D eigenvalue weighted by molar-refractivity contribution is 7.92. The topological polar surface area (TPSA) is 80.8 Å². The predicted molar refractivity (Wildman–Crippen MR) is 104 cm³/mol. The monoisotopic (exact) mass is 445 g/mol. The van der Waals surface area contributed by atoms with Crippen molar-refractivity contribution in [1.29, 1.82) is 0 Å². The number of piperidine rings is 1. The lowest BCUT2D eigenvalue weighted by Crippen LogP contribution is -2.42. The molecule has 1 heterocycles. The number of hydrogen-bond acceptors (Lipinski definition) is 5. The molecule has 10 heteroatoms.